The monoisotopic (exact) mass is 251 g/mol. The van der Waals surface area contributed by atoms with Crippen LogP contribution in [-0.2, 0) is 0 Å². The van der Waals surface area contributed by atoms with Crippen molar-refractivity contribution in [2.45, 2.75) is 26.3 Å². The Morgan fingerprint density at radius 1 is 1.56 bits per heavy atom. The number of oxime groups is 1. The predicted octanol–water partition coefficient (Wildman–Crippen LogP) is 2.02. The molecule has 1 aromatic carbocycles. The number of nitrogens with two attached hydrogens (primary N) is 1. The number of anilines is 1. The van der Waals surface area contributed by atoms with Gasteiger partial charge in [-0.25, -0.2) is 0 Å². The molecule has 1 aromatic rings. The molecule has 0 aliphatic heterocycles. The fourth-order valence-electron chi connectivity index (χ4n) is 1.71. The van der Waals surface area contributed by atoms with Gasteiger partial charge in [-0.3, -0.25) is 0 Å². The van der Waals surface area contributed by atoms with Crippen molar-refractivity contribution in [3.63, 3.8) is 0 Å². The number of ether oxygens (including phenoxy) is 1. The molecule has 0 saturated heterocycles. The molecule has 5 heteroatoms. The molecule has 0 radical (unpaired) electrons. The minimum atomic E-state index is 0.0998. The van der Waals surface area contributed by atoms with E-state index in [0.717, 1.165) is 17.9 Å². The lowest BCUT2D eigenvalue weighted by atomic mass is 10.1. The van der Waals surface area contributed by atoms with Crippen molar-refractivity contribution < 1.29 is 9.94 Å². The van der Waals surface area contributed by atoms with Crippen LogP contribution >= 0.6 is 0 Å². The van der Waals surface area contributed by atoms with Gasteiger partial charge in [-0.15, -0.1) is 0 Å². The van der Waals surface area contributed by atoms with Crippen molar-refractivity contribution >= 4 is 11.5 Å². The Bertz CT molecular complexity index is 432. The first-order valence-corrected chi connectivity index (χ1v) is 5.93. The van der Waals surface area contributed by atoms with E-state index in [0.29, 0.717) is 11.6 Å². The third-order valence-electron chi connectivity index (χ3n) is 3.22. The van der Waals surface area contributed by atoms with Crippen molar-refractivity contribution in [1.82, 2.24) is 0 Å². The fraction of sp³-hybridized carbons (Fsp3) is 0.462. The van der Waals surface area contributed by atoms with Gasteiger partial charge < -0.3 is 20.6 Å². The molecule has 0 fully saturated rings. The SMILES string of the molecule is CCC(C)N(C)c1cc(OC)ccc1/C(N)=N/O. The predicted molar refractivity (Wildman–Crippen MR) is 73.7 cm³/mol. The quantitative estimate of drug-likeness (QED) is 0.363. The van der Waals surface area contributed by atoms with Gasteiger partial charge in [0, 0.05) is 24.7 Å². The zero-order valence-corrected chi connectivity index (χ0v) is 11.3. The molecule has 100 valence electrons. The van der Waals surface area contributed by atoms with E-state index in [1.54, 1.807) is 19.2 Å². The summed E-state index contributed by atoms with van der Waals surface area (Å²) in [6.45, 7) is 4.24. The molecule has 0 aliphatic rings. The summed E-state index contributed by atoms with van der Waals surface area (Å²) in [6.07, 6.45) is 1.00. The van der Waals surface area contributed by atoms with Gasteiger partial charge >= 0.3 is 0 Å². The Labute approximate surface area is 108 Å². The van der Waals surface area contributed by atoms with Crippen molar-refractivity contribution in [3.8, 4) is 5.75 Å². The van der Waals surface area contributed by atoms with Crippen LogP contribution in [0, 0.1) is 0 Å². The highest BCUT2D eigenvalue weighted by Gasteiger charge is 2.15. The Hall–Kier alpha value is -1.91. The number of nitrogens with zero attached hydrogens (tertiary/aromatic N) is 2. The highest BCUT2D eigenvalue weighted by atomic mass is 16.5. The Morgan fingerprint density at radius 3 is 2.72 bits per heavy atom. The third kappa shape index (κ3) is 2.85. The van der Waals surface area contributed by atoms with Gasteiger partial charge in [0.2, 0.25) is 0 Å². The first-order valence-electron chi connectivity index (χ1n) is 5.93. The second-order valence-electron chi connectivity index (χ2n) is 4.24. The van der Waals surface area contributed by atoms with Gasteiger partial charge in [-0.1, -0.05) is 12.1 Å². The van der Waals surface area contributed by atoms with Crippen LogP contribution in [0.1, 0.15) is 25.8 Å². The van der Waals surface area contributed by atoms with Gasteiger partial charge in [0.05, 0.1) is 12.8 Å². The van der Waals surface area contributed by atoms with Gasteiger partial charge in [0.25, 0.3) is 0 Å². The average molecular weight is 251 g/mol. The average Bonchev–Trinajstić information content (AvgIpc) is 2.43. The molecule has 0 aromatic heterocycles. The van der Waals surface area contributed by atoms with Crippen molar-refractivity contribution in [2.24, 2.45) is 10.9 Å². The lowest BCUT2D eigenvalue weighted by Crippen LogP contribution is -2.30. The van der Waals surface area contributed by atoms with Crippen molar-refractivity contribution in [1.29, 1.82) is 0 Å². The molecule has 1 unspecified atom stereocenters. The fourth-order valence-corrected chi connectivity index (χ4v) is 1.71. The molecule has 1 atom stereocenters. The first kappa shape index (κ1) is 14.2. The van der Waals surface area contributed by atoms with Gasteiger partial charge in [-0.05, 0) is 25.5 Å². The van der Waals surface area contributed by atoms with Crippen molar-refractivity contribution in [3.05, 3.63) is 23.8 Å². The molecular formula is C13H21N3O2. The maximum absolute atomic E-state index is 8.83. The number of hydrogen-bond acceptors (Lipinski definition) is 4. The van der Waals surface area contributed by atoms with Crippen molar-refractivity contribution in [2.75, 3.05) is 19.1 Å². The second kappa shape index (κ2) is 6.14. The van der Waals surface area contributed by atoms with E-state index in [9.17, 15) is 0 Å². The number of methoxy groups -OCH3 is 1. The Balaban J connectivity index is 3.27. The highest BCUT2D eigenvalue weighted by molar-refractivity contribution is 6.02. The molecular weight excluding hydrogens is 230 g/mol. The molecule has 0 bridgehead atoms. The second-order valence-corrected chi connectivity index (χ2v) is 4.24. The maximum Gasteiger partial charge on any atom is 0.172 e. The lowest BCUT2D eigenvalue weighted by Gasteiger charge is -2.28. The highest BCUT2D eigenvalue weighted by Crippen LogP contribution is 2.27. The van der Waals surface area contributed by atoms with Crippen LogP contribution < -0.4 is 15.4 Å². The summed E-state index contributed by atoms with van der Waals surface area (Å²) in [5.74, 6) is 0.845. The molecule has 0 heterocycles. The molecule has 18 heavy (non-hydrogen) atoms. The van der Waals surface area contributed by atoms with Gasteiger partial charge in [0.15, 0.2) is 5.84 Å². The first-order chi connectivity index (χ1) is 8.54. The van der Waals surface area contributed by atoms with E-state index >= 15 is 0 Å². The van der Waals surface area contributed by atoms with Crippen LogP contribution in [0.5, 0.6) is 5.75 Å². The van der Waals surface area contributed by atoms with Gasteiger partial charge in [0.1, 0.15) is 5.75 Å². The van der Waals surface area contributed by atoms with E-state index in [1.165, 1.54) is 0 Å². The van der Waals surface area contributed by atoms with Crippen LogP contribution in [0.3, 0.4) is 0 Å². The topological polar surface area (TPSA) is 71.1 Å². The number of rotatable bonds is 5. The van der Waals surface area contributed by atoms with Crippen LogP contribution in [0.25, 0.3) is 0 Å². The van der Waals surface area contributed by atoms with E-state index in [2.05, 4.69) is 23.9 Å². The van der Waals surface area contributed by atoms with Crippen LogP contribution in [0.2, 0.25) is 0 Å². The molecule has 0 spiro atoms. The summed E-state index contributed by atoms with van der Waals surface area (Å²) in [4.78, 5) is 2.09. The Morgan fingerprint density at radius 2 is 2.22 bits per heavy atom. The standard InChI is InChI=1S/C13H21N3O2/c1-5-9(2)16(3)12-8-10(18-4)6-7-11(12)13(14)15-17/h6-9,17H,5H2,1-4H3,(H2,14,15). The van der Waals surface area contributed by atoms with Crippen LogP contribution in [0.15, 0.2) is 23.4 Å². The summed E-state index contributed by atoms with van der Waals surface area (Å²) in [5, 5.41) is 11.9. The molecule has 0 aliphatic carbocycles. The smallest absolute Gasteiger partial charge is 0.172 e. The van der Waals surface area contributed by atoms with E-state index in [-0.39, 0.29) is 5.84 Å². The number of hydrogen-bond donors (Lipinski definition) is 2. The molecule has 1 rings (SSSR count). The Kier molecular flexibility index (Phi) is 4.83. The third-order valence-corrected chi connectivity index (χ3v) is 3.22. The summed E-state index contributed by atoms with van der Waals surface area (Å²) < 4.78 is 5.22. The molecule has 0 amide bonds. The minimum absolute atomic E-state index is 0.0998. The molecule has 5 nitrogen and oxygen atoms in total. The zero-order chi connectivity index (χ0) is 13.7. The number of amidine groups is 1. The summed E-state index contributed by atoms with van der Waals surface area (Å²) in [5.41, 5.74) is 7.28. The largest absolute Gasteiger partial charge is 0.497 e. The summed E-state index contributed by atoms with van der Waals surface area (Å²) >= 11 is 0. The maximum atomic E-state index is 8.83. The van der Waals surface area contributed by atoms with E-state index in [1.807, 2.05) is 13.1 Å². The molecule has 0 saturated carbocycles. The van der Waals surface area contributed by atoms with Crippen LogP contribution in [-0.4, -0.2) is 31.2 Å². The zero-order valence-electron chi connectivity index (χ0n) is 11.3. The van der Waals surface area contributed by atoms with Crippen LogP contribution in [0.4, 0.5) is 5.69 Å². The van der Waals surface area contributed by atoms with E-state index in [4.69, 9.17) is 15.7 Å². The lowest BCUT2D eigenvalue weighted by molar-refractivity contribution is 0.318. The minimum Gasteiger partial charge on any atom is -0.497 e. The van der Waals surface area contributed by atoms with E-state index < -0.39 is 0 Å². The van der Waals surface area contributed by atoms with Gasteiger partial charge in [-0.2, -0.15) is 0 Å². The normalized spacial score (nSPS) is 13.2. The number of benzene rings is 1. The summed E-state index contributed by atoms with van der Waals surface area (Å²) in [7, 11) is 3.60. The molecule has 3 N–H and O–H groups in total. The summed E-state index contributed by atoms with van der Waals surface area (Å²) in [6, 6.07) is 5.82.